The first kappa shape index (κ1) is 33.5. The van der Waals surface area contributed by atoms with Gasteiger partial charge in [-0.25, -0.2) is 0 Å². The molecule has 0 saturated heterocycles. The number of unbranched alkanes of at least 4 members (excludes halogenated alkanes) is 5. The maximum Gasteiger partial charge on any atom is -0.0181 e. The van der Waals surface area contributed by atoms with Gasteiger partial charge in [-0.3, -0.25) is 0 Å². The van der Waals surface area contributed by atoms with Gasteiger partial charge in [0.15, 0.2) is 0 Å². The fraction of sp³-hybridized carbons (Fsp3) is 1.00. The Balaban J connectivity index is 1.76. The molecule has 3 rings (SSSR count). The molecule has 0 aromatic carbocycles. The molecule has 0 heteroatoms. The lowest BCUT2D eigenvalue weighted by Gasteiger charge is -2.52. The Morgan fingerprint density at radius 3 is 2.21 bits per heavy atom. The van der Waals surface area contributed by atoms with Gasteiger partial charge in [0.2, 0.25) is 0 Å². The third-order valence-corrected chi connectivity index (χ3v) is 13.2. The Bertz CT molecular complexity index is 665. The second kappa shape index (κ2) is 16.0. The minimum absolute atomic E-state index is 0.591. The molecular formula is C39H74. The number of rotatable bonds is 16. The van der Waals surface area contributed by atoms with Gasteiger partial charge in [0.05, 0.1) is 0 Å². The maximum absolute atomic E-state index is 2.83. The molecule has 3 fully saturated rings. The van der Waals surface area contributed by atoms with Gasteiger partial charge in [-0.15, -0.1) is 0 Å². The van der Waals surface area contributed by atoms with Crippen LogP contribution in [0.3, 0.4) is 0 Å². The zero-order valence-corrected chi connectivity index (χ0v) is 28.4. The molecule has 3 saturated carbocycles. The molecule has 0 bridgehead atoms. The van der Waals surface area contributed by atoms with E-state index in [1.165, 1.54) is 122 Å². The largest absolute Gasteiger partial charge is 0.0654 e. The summed E-state index contributed by atoms with van der Waals surface area (Å²) in [6.07, 6.45) is 35.7. The van der Waals surface area contributed by atoms with Gasteiger partial charge >= 0.3 is 0 Å². The Kier molecular flexibility index (Phi) is 13.8. The van der Waals surface area contributed by atoms with Crippen molar-refractivity contribution in [3.05, 3.63) is 0 Å². The van der Waals surface area contributed by atoms with Crippen molar-refractivity contribution < 1.29 is 0 Å². The van der Waals surface area contributed by atoms with E-state index in [9.17, 15) is 0 Å². The Morgan fingerprint density at radius 2 is 1.49 bits per heavy atom. The van der Waals surface area contributed by atoms with E-state index in [0.717, 1.165) is 29.6 Å². The van der Waals surface area contributed by atoms with E-state index in [-0.39, 0.29) is 0 Å². The second-order valence-electron chi connectivity index (χ2n) is 16.3. The molecule has 0 heterocycles. The highest BCUT2D eigenvalue weighted by Gasteiger charge is 2.68. The summed E-state index contributed by atoms with van der Waals surface area (Å²) in [5.41, 5.74) is 1.92. The fourth-order valence-electron chi connectivity index (χ4n) is 10.6. The van der Waals surface area contributed by atoms with Crippen LogP contribution in [0.4, 0.5) is 0 Å². The van der Waals surface area contributed by atoms with Gasteiger partial charge < -0.3 is 0 Å². The highest BCUT2D eigenvalue weighted by Crippen LogP contribution is 2.76. The Morgan fingerprint density at radius 1 is 0.769 bits per heavy atom. The highest BCUT2D eigenvalue weighted by atomic mass is 14.7. The summed E-state index contributed by atoms with van der Waals surface area (Å²) in [5, 5.41) is 0. The lowest BCUT2D eigenvalue weighted by Crippen LogP contribution is -2.44. The topological polar surface area (TPSA) is 0 Å². The monoisotopic (exact) mass is 543 g/mol. The van der Waals surface area contributed by atoms with Crippen molar-refractivity contribution >= 4 is 0 Å². The minimum Gasteiger partial charge on any atom is -0.0654 e. The number of hydrogen-bond acceptors (Lipinski definition) is 0. The molecule has 39 heavy (non-hydrogen) atoms. The molecule has 8 atom stereocenters. The van der Waals surface area contributed by atoms with E-state index in [2.05, 4.69) is 48.5 Å². The van der Waals surface area contributed by atoms with Crippen LogP contribution in [-0.4, -0.2) is 0 Å². The smallest absolute Gasteiger partial charge is 0.0181 e. The van der Waals surface area contributed by atoms with E-state index in [1.807, 2.05) is 0 Å². The summed E-state index contributed by atoms with van der Waals surface area (Å²) >= 11 is 0. The quantitative estimate of drug-likeness (QED) is 0.170. The Hall–Kier alpha value is 0. The predicted octanol–water partition coefficient (Wildman–Crippen LogP) is 13.6. The molecule has 3 aliphatic carbocycles. The molecule has 0 radical (unpaired) electrons. The molecule has 230 valence electrons. The van der Waals surface area contributed by atoms with Gasteiger partial charge in [0.25, 0.3) is 0 Å². The van der Waals surface area contributed by atoms with Crippen LogP contribution in [0.5, 0.6) is 0 Å². The normalized spacial score (nSPS) is 35.8. The van der Waals surface area contributed by atoms with Crippen molar-refractivity contribution in [3.8, 4) is 0 Å². The minimum atomic E-state index is 0.591. The van der Waals surface area contributed by atoms with Crippen LogP contribution in [0.2, 0.25) is 0 Å². The summed E-state index contributed by atoms with van der Waals surface area (Å²) in [6, 6.07) is 0. The van der Waals surface area contributed by atoms with Gasteiger partial charge in [-0.1, -0.05) is 132 Å². The zero-order chi connectivity index (χ0) is 28.4. The van der Waals surface area contributed by atoms with E-state index < -0.39 is 0 Å². The van der Waals surface area contributed by atoms with Gasteiger partial charge in [-0.2, -0.15) is 0 Å². The van der Waals surface area contributed by atoms with Gasteiger partial charge in [-0.05, 0) is 116 Å². The van der Waals surface area contributed by atoms with Crippen LogP contribution in [0, 0.1) is 45.8 Å². The summed E-state index contributed by atoms with van der Waals surface area (Å²) in [6.45, 7) is 17.8. The molecule has 0 aromatic rings. The second-order valence-corrected chi connectivity index (χ2v) is 16.3. The average Bonchev–Trinajstić information content (AvgIpc) is 3.64. The van der Waals surface area contributed by atoms with E-state index in [4.69, 9.17) is 0 Å². The highest BCUT2D eigenvalue weighted by molar-refractivity contribution is 5.17. The van der Waals surface area contributed by atoms with Crippen LogP contribution in [0.1, 0.15) is 203 Å². The Labute approximate surface area is 248 Å². The molecule has 0 N–H and O–H groups in total. The summed E-state index contributed by atoms with van der Waals surface area (Å²) in [5.74, 6) is 5.01. The van der Waals surface area contributed by atoms with Crippen molar-refractivity contribution in [1.29, 1.82) is 0 Å². The predicted molar refractivity (Wildman–Crippen MR) is 175 cm³/mol. The molecule has 0 nitrogen and oxygen atoms in total. The molecule has 0 aromatic heterocycles. The molecule has 1 spiro atoms. The third-order valence-electron chi connectivity index (χ3n) is 13.2. The van der Waals surface area contributed by atoms with Crippen LogP contribution in [0.15, 0.2) is 0 Å². The molecular weight excluding hydrogens is 468 g/mol. The summed E-state index contributed by atoms with van der Waals surface area (Å²) < 4.78 is 0. The zero-order valence-electron chi connectivity index (χ0n) is 28.4. The first-order chi connectivity index (χ1) is 18.8. The SMILES string of the molecule is CCCCCC1CCC2(C)CCCC(C(CC)CCC(C)(CCCC)CCCCC)C23CC3CCCC(C)C1. The fourth-order valence-corrected chi connectivity index (χ4v) is 10.6. The molecule has 0 aliphatic heterocycles. The van der Waals surface area contributed by atoms with Crippen molar-refractivity contribution in [2.24, 2.45) is 45.8 Å². The van der Waals surface area contributed by atoms with E-state index in [0.29, 0.717) is 16.2 Å². The lowest BCUT2D eigenvalue weighted by molar-refractivity contribution is -0.0267. The van der Waals surface area contributed by atoms with Crippen molar-refractivity contribution in [1.82, 2.24) is 0 Å². The summed E-state index contributed by atoms with van der Waals surface area (Å²) in [4.78, 5) is 0. The number of hydrogen-bond donors (Lipinski definition) is 0. The third kappa shape index (κ3) is 8.76. The van der Waals surface area contributed by atoms with Crippen molar-refractivity contribution in [2.75, 3.05) is 0 Å². The van der Waals surface area contributed by atoms with E-state index >= 15 is 0 Å². The average molecular weight is 543 g/mol. The first-order valence-electron chi connectivity index (χ1n) is 18.8. The molecule has 8 unspecified atom stereocenters. The summed E-state index contributed by atoms with van der Waals surface area (Å²) in [7, 11) is 0. The van der Waals surface area contributed by atoms with Crippen LogP contribution in [0.25, 0.3) is 0 Å². The van der Waals surface area contributed by atoms with Gasteiger partial charge in [0, 0.05) is 0 Å². The maximum atomic E-state index is 2.83. The van der Waals surface area contributed by atoms with Gasteiger partial charge in [0.1, 0.15) is 0 Å². The van der Waals surface area contributed by atoms with Crippen LogP contribution in [-0.2, 0) is 0 Å². The first-order valence-corrected chi connectivity index (χ1v) is 18.8. The molecule has 3 aliphatic rings. The lowest BCUT2D eigenvalue weighted by atomic mass is 9.53. The molecule has 0 amide bonds. The standard InChI is InChI=1S/C39H74/c1-8-12-15-20-33-23-29-38(7)27-18-22-36(39(38)31-35(39)21-17-19-32(5)30-33)34(11-4)24-28-37(6,25-14-10-3)26-16-13-9-2/h32-36H,8-31H2,1-7H3. The van der Waals surface area contributed by atoms with Crippen molar-refractivity contribution in [2.45, 2.75) is 203 Å². The van der Waals surface area contributed by atoms with Crippen molar-refractivity contribution in [3.63, 3.8) is 0 Å². The van der Waals surface area contributed by atoms with Crippen LogP contribution >= 0.6 is 0 Å². The van der Waals surface area contributed by atoms with E-state index in [1.54, 1.807) is 32.1 Å². The van der Waals surface area contributed by atoms with Crippen LogP contribution < -0.4 is 0 Å².